The van der Waals surface area contributed by atoms with Gasteiger partial charge in [0.1, 0.15) is 11.6 Å². The van der Waals surface area contributed by atoms with Gasteiger partial charge < -0.3 is 4.74 Å². The summed E-state index contributed by atoms with van der Waals surface area (Å²) in [6, 6.07) is 4.50. The number of ether oxygens (including phenoxy) is 1. The van der Waals surface area contributed by atoms with Crippen molar-refractivity contribution in [3.63, 3.8) is 0 Å². The van der Waals surface area contributed by atoms with Crippen molar-refractivity contribution in [2.75, 3.05) is 12.4 Å². The average molecular weight is 363 g/mol. The second-order valence-electron chi connectivity index (χ2n) is 3.51. The van der Waals surface area contributed by atoms with Crippen molar-refractivity contribution in [1.82, 2.24) is 4.98 Å². The molecule has 2 rings (SSSR count). The Morgan fingerprint density at radius 2 is 2.18 bits per heavy atom. The van der Waals surface area contributed by atoms with Gasteiger partial charge in [0.25, 0.3) is 0 Å². The summed E-state index contributed by atoms with van der Waals surface area (Å²) in [7, 11) is 1.57. The van der Waals surface area contributed by atoms with Crippen LogP contribution in [0.3, 0.4) is 0 Å². The summed E-state index contributed by atoms with van der Waals surface area (Å²) < 4.78 is 19.3. The van der Waals surface area contributed by atoms with Crippen molar-refractivity contribution in [3.8, 4) is 5.75 Å². The number of aromatic nitrogens is 1. The lowest BCUT2D eigenvalue weighted by Crippen LogP contribution is -1.98. The smallest absolute Gasteiger partial charge is 0.144 e. The van der Waals surface area contributed by atoms with Gasteiger partial charge in [-0.05, 0) is 34.1 Å². The first-order valence-electron chi connectivity index (χ1n) is 5.05. The summed E-state index contributed by atoms with van der Waals surface area (Å²) >= 11 is 6.84. The van der Waals surface area contributed by atoms with Gasteiger partial charge in [-0.1, -0.05) is 15.9 Å². The molecule has 2 nitrogen and oxygen atoms in total. The maximum absolute atomic E-state index is 13.2. The molecule has 0 aliphatic heterocycles. The monoisotopic (exact) mass is 361 g/mol. The summed E-state index contributed by atoms with van der Waals surface area (Å²) in [5, 5.41) is 1.49. The van der Waals surface area contributed by atoms with Gasteiger partial charge in [0.05, 0.1) is 22.8 Å². The molecule has 1 aromatic heterocycles. The number of hydrogen-bond donors (Lipinski definition) is 0. The van der Waals surface area contributed by atoms with Gasteiger partial charge in [0, 0.05) is 17.1 Å². The number of pyridine rings is 1. The molecule has 1 heterocycles. The molecule has 1 aromatic carbocycles. The number of alkyl halides is 1. The van der Waals surface area contributed by atoms with Crippen molar-refractivity contribution in [2.24, 2.45) is 0 Å². The molecule has 2 aromatic rings. The van der Waals surface area contributed by atoms with E-state index in [1.165, 1.54) is 12.1 Å². The number of benzene rings is 1. The van der Waals surface area contributed by atoms with Gasteiger partial charge >= 0.3 is 0 Å². The fourth-order valence-corrected chi connectivity index (χ4v) is 2.72. The van der Waals surface area contributed by atoms with Crippen LogP contribution in [-0.4, -0.2) is 17.4 Å². The molecule has 0 amide bonds. The normalized spacial score (nSPS) is 10.8. The number of rotatable bonds is 3. The predicted molar refractivity (Wildman–Crippen MR) is 73.5 cm³/mol. The third-order valence-electron chi connectivity index (χ3n) is 2.45. The highest BCUT2D eigenvalue weighted by Crippen LogP contribution is 2.35. The van der Waals surface area contributed by atoms with Crippen LogP contribution in [0, 0.1) is 5.82 Å². The standard InChI is InChI=1S/C12H10Br2FNO/c1-17-12-8-6-7(15)2-3-9(8)16-10(4-5-13)11(12)14/h2-3,6H,4-5H2,1H3. The quantitative estimate of drug-likeness (QED) is 0.767. The van der Waals surface area contributed by atoms with Gasteiger partial charge in [-0.25, -0.2) is 4.39 Å². The molecule has 0 radical (unpaired) electrons. The van der Waals surface area contributed by atoms with E-state index < -0.39 is 0 Å². The largest absolute Gasteiger partial charge is 0.495 e. The number of nitrogens with zero attached hydrogens (tertiary/aromatic N) is 1. The summed E-state index contributed by atoms with van der Waals surface area (Å²) in [5.41, 5.74) is 1.64. The zero-order chi connectivity index (χ0) is 12.4. The Labute approximate surface area is 115 Å². The van der Waals surface area contributed by atoms with Crippen LogP contribution in [0.5, 0.6) is 5.75 Å². The highest BCUT2D eigenvalue weighted by molar-refractivity contribution is 9.10. The third kappa shape index (κ3) is 2.45. The van der Waals surface area contributed by atoms with Crippen molar-refractivity contribution >= 4 is 42.8 Å². The van der Waals surface area contributed by atoms with Gasteiger partial charge in [-0.3, -0.25) is 4.98 Å². The summed E-state index contributed by atoms with van der Waals surface area (Å²) in [5.74, 6) is 0.336. The number of hydrogen-bond acceptors (Lipinski definition) is 2. The zero-order valence-electron chi connectivity index (χ0n) is 9.14. The molecule has 0 aliphatic carbocycles. The second-order valence-corrected chi connectivity index (χ2v) is 5.09. The Morgan fingerprint density at radius 1 is 1.41 bits per heavy atom. The lowest BCUT2D eigenvalue weighted by Gasteiger charge is -2.11. The molecule has 0 fully saturated rings. The Bertz CT molecular complexity index is 560. The molecule has 0 unspecified atom stereocenters. The second kappa shape index (κ2) is 5.31. The Hall–Kier alpha value is -0.680. The highest BCUT2D eigenvalue weighted by Gasteiger charge is 2.13. The van der Waals surface area contributed by atoms with E-state index in [1.807, 2.05) is 0 Å². The third-order valence-corrected chi connectivity index (χ3v) is 3.66. The van der Waals surface area contributed by atoms with Crippen LogP contribution in [0.1, 0.15) is 5.69 Å². The minimum absolute atomic E-state index is 0.294. The predicted octanol–water partition coefficient (Wildman–Crippen LogP) is 4.08. The maximum Gasteiger partial charge on any atom is 0.144 e. The number of halogens is 3. The topological polar surface area (TPSA) is 22.1 Å². The van der Waals surface area contributed by atoms with Crippen LogP contribution in [0.25, 0.3) is 10.9 Å². The van der Waals surface area contributed by atoms with E-state index >= 15 is 0 Å². The van der Waals surface area contributed by atoms with Crippen LogP contribution in [0.15, 0.2) is 22.7 Å². The van der Waals surface area contributed by atoms with E-state index in [0.717, 1.165) is 27.4 Å². The maximum atomic E-state index is 13.2. The summed E-state index contributed by atoms with van der Waals surface area (Å²) in [4.78, 5) is 4.49. The molecule has 0 saturated carbocycles. The molecule has 0 aliphatic rings. The molecule has 0 atom stereocenters. The van der Waals surface area contributed by atoms with E-state index in [2.05, 4.69) is 36.8 Å². The van der Waals surface area contributed by atoms with Crippen molar-refractivity contribution in [1.29, 1.82) is 0 Å². The molecule has 0 N–H and O–H groups in total. The highest BCUT2D eigenvalue weighted by atomic mass is 79.9. The van der Waals surface area contributed by atoms with E-state index in [1.54, 1.807) is 13.2 Å². The molecular formula is C12H10Br2FNO. The Balaban J connectivity index is 2.74. The van der Waals surface area contributed by atoms with Crippen LogP contribution in [0.2, 0.25) is 0 Å². The Morgan fingerprint density at radius 3 is 2.82 bits per heavy atom. The zero-order valence-corrected chi connectivity index (χ0v) is 12.3. The number of fused-ring (bicyclic) bond motifs is 1. The van der Waals surface area contributed by atoms with Crippen LogP contribution < -0.4 is 4.74 Å². The van der Waals surface area contributed by atoms with Crippen LogP contribution in [-0.2, 0) is 6.42 Å². The first-order chi connectivity index (χ1) is 8.17. The first-order valence-corrected chi connectivity index (χ1v) is 6.96. The van der Waals surface area contributed by atoms with Crippen LogP contribution >= 0.6 is 31.9 Å². The van der Waals surface area contributed by atoms with E-state index in [9.17, 15) is 4.39 Å². The number of aryl methyl sites for hydroxylation is 1. The van der Waals surface area contributed by atoms with Crippen LogP contribution in [0.4, 0.5) is 4.39 Å². The lowest BCUT2D eigenvalue weighted by atomic mass is 10.1. The van der Waals surface area contributed by atoms with Gasteiger partial charge in [-0.2, -0.15) is 0 Å². The molecule has 0 spiro atoms. The Kier molecular flexibility index (Phi) is 3.99. The molecule has 90 valence electrons. The summed E-state index contributed by atoms with van der Waals surface area (Å²) in [6.45, 7) is 0. The molecule has 0 bridgehead atoms. The minimum atomic E-state index is -0.294. The fraction of sp³-hybridized carbons (Fsp3) is 0.250. The molecule has 17 heavy (non-hydrogen) atoms. The fourth-order valence-electron chi connectivity index (χ4n) is 1.69. The van der Waals surface area contributed by atoms with Gasteiger partial charge in [0.15, 0.2) is 0 Å². The molecule has 5 heteroatoms. The van der Waals surface area contributed by atoms with E-state index in [0.29, 0.717) is 11.1 Å². The average Bonchev–Trinajstić information content (AvgIpc) is 2.31. The first kappa shape index (κ1) is 12.8. The SMILES string of the molecule is COc1c(Br)c(CCBr)nc2ccc(F)cc12. The minimum Gasteiger partial charge on any atom is -0.495 e. The van der Waals surface area contributed by atoms with Crippen molar-refractivity contribution in [3.05, 3.63) is 34.2 Å². The van der Waals surface area contributed by atoms with E-state index in [4.69, 9.17) is 4.74 Å². The number of methoxy groups -OCH3 is 1. The van der Waals surface area contributed by atoms with E-state index in [-0.39, 0.29) is 5.82 Å². The van der Waals surface area contributed by atoms with Crippen molar-refractivity contribution < 1.29 is 9.13 Å². The van der Waals surface area contributed by atoms with Crippen molar-refractivity contribution in [2.45, 2.75) is 6.42 Å². The van der Waals surface area contributed by atoms with Gasteiger partial charge in [-0.15, -0.1) is 0 Å². The molecule has 0 saturated heterocycles. The summed E-state index contributed by atoms with van der Waals surface area (Å²) in [6.07, 6.45) is 0.782. The lowest BCUT2D eigenvalue weighted by molar-refractivity contribution is 0.416. The van der Waals surface area contributed by atoms with Gasteiger partial charge in [0.2, 0.25) is 0 Å². The molecular weight excluding hydrogens is 353 g/mol.